The van der Waals surface area contributed by atoms with Crippen molar-refractivity contribution >= 4 is 27.1 Å². The molecule has 5 rings (SSSR count). The summed E-state index contributed by atoms with van der Waals surface area (Å²) >= 11 is 0. The summed E-state index contributed by atoms with van der Waals surface area (Å²) in [4.78, 5) is 12.5. The van der Waals surface area contributed by atoms with Crippen molar-refractivity contribution in [2.24, 2.45) is 0 Å². The zero-order valence-electron chi connectivity index (χ0n) is 17.2. The number of hydrogen-bond donors (Lipinski definition) is 1. The number of aryl methyl sites for hydroxylation is 1. The SMILES string of the molecule is COC1OC2[C@@H](COS(=O)(=O)c3ccc(C)cc3)O[C@@H](n3cnc4c(N)ncnc43)[C@H]2O1. The maximum atomic E-state index is 12.6. The summed E-state index contributed by atoms with van der Waals surface area (Å²) in [6.45, 7) is 0.658. The Bertz CT molecular complexity index is 1230. The van der Waals surface area contributed by atoms with E-state index < -0.39 is 41.1 Å². The first-order valence-electron chi connectivity index (χ1n) is 9.75. The molecule has 32 heavy (non-hydrogen) atoms. The van der Waals surface area contributed by atoms with Gasteiger partial charge in [0.05, 0.1) is 17.8 Å². The molecule has 0 saturated carbocycles. The molecular weight excluding hydrogens is 442 g/mol. The number of hydrogen-bond acceptors (Lipinski definition) is 11. The summed E-state index contributed by atoms with van der Waals surface area (Å²) < 4.78 is 55.0. The summed E-state index contributed by atoms with van der Waals surface area (Å²) in [5.74, 6) is 0.228. The quantitative estimate of drug-likeness (QED) is 0.515. The third-order valence-electron chi connectivity index (χ3n) is 5.37. The second-order valence-corrected chi connectivity index (χ2v) is 9.04. The van der Waals surface area contributed by atoms with Crippen LogP contribution in [0.4, 0.5) is 5.82 Å². The van der Waals surface area contributed by atoms with E-state index in [1.807, 2.05) is 6.92 Å². The molecule has 5 atom stereocenters. The Morgan fingerprint density at radius 3 is 2.59 bits per heavy atom. The Morgan fingerprint density at radius 2 is 1.84 bits per heavy atom. The number of benzene rings is 1. The summed E-state index contributed by atoms with van der Waals surface area (Å²) in [7, 11) is -2.55. The van der Waals surface area contributed by atoms with Gasteiger partial charge in [-0.25, -0.2) is 15.0 Å². The van der Waals surface area contributed by atoms with E-state index in [4.69, 9.17) is 28.9 Å². The molecule has 3 aromatic rings. The number of rotatable bonds is 6. The van der Waals surface area contributed by atoms with Crippen LogP contribution in [-0.2, 0) is 33.2 Å². The van der Waals surface area contributed by atoms with Crippen LogP contribution in [0.25, 0.3) is 11.2 Å². The molecule has 2 aliphatic heterocycles. The van der Waals surface area contributed by atoms with Crippen molar-refractivity contribution in [1.29, 1.82) is 0 Å². The molecule has 0 spiro atoms. The van der Waals surface area contributed by atoms with E-state index in [9.17, 15) is 8.42 Å². The summed E-state index contributed by atoms with van der Waals surface area (Å²) in [5.41, 5.74) is 7.67. The lowest BCUT2D eigenvalue weighted by Crippen LogP contribution is -2.32. The number of fused-ring (bicyclic) bond motifs is 2. The highest BCUT2D eigenvalue weighted by Crippen LogP contribution is 2.41. The zero-order chi connectivity index (χ0) is 22.5. The lowest BCUT2D eigenvalue weighted by atomic mass is 10.1. The number of anilines is 1. The van der Waals surface area contributed by atoms with Gasteiger partial charge >= 0.3 is 0 Å². The minimum absolute atomic E-state index is 0.0559. The summed E-state index contributed by atoms with van der Waals surface area (Å²) in [6.07, 6.45) is 0.0740. The van der Waals surface area contributed by atoms with Crippen molar-refractivity contribution in [1.82, 2.24) is 19.5 Å². The Balaban J connectivity index is 1.40. The molecule has 2 saturated heterocycles. The van der Waals surface area contributed by atoms with E-state index in [2.05, 4.69) is 15.0 Å². The molecule has 2 aromatic heterocycles. The van der Waals surface area contributed by atoms with Crippen molar-refractivity contribution in [3.05, 3.63) is 42.5 Å². The topological polar surface area (TPSA) is 150 Å². The molecule has 2 fully saturated rings. The van der Waals surface area contributed by atoms with Crippen molar-refractivity contribution in [2.75, 3.05) is 19.5 Å². The molecule has 4 heterocycles. The smallest absolute Gasteiger partial charge is 0.297 e. The van der Waals surface area contributed by atoms with E-state index in [1.165, 1.54) is 31.9 Å². The van der Waals surface area contributed by atoms with E-state index >= 15 is 0 Å². The van der Waals surface area contributed by atoms with E-state index in [1.54, 1.807) is 16.7 Å². The first-order chi connectivity index (χ1) is 15.4. The Kier molecular flexibility index (Phi) is 5.31. The minimum atomic E-state index is -3.99. The van der Waals surface area contributed by atoms with Crippen LogP contribution in [0.15, 0.2) is 41.8 Å². The van der Waals surface area contributed by atoms with Crippen LogP contribution in [0, 0.1) is 6.92 Å². The number of methoxy groups -OCH3 is 1. The first-order valence-corrected chi connectivity index (χ1v) is 11.2. The van der Waals surface area contributed by atoms with Gasteiger partial charge in [-0.3, -0.25) is 8.75 Å². The van der Waals surface area contributed by atoms with E-state index in [0.29, 0.717) is 11.2 Å². The standard InChI is InChI=1S/C19H21N5O7S/c1-10-3-5-11(6-4-10)32(25,26)28-7-12-14-15(31-19(27-2)30-14)18(29-12)24-9-23-13-16(20)21-8-22-17(13)24/h3-6,8-9,12,14-15,18-19H,7H2,1-2H3,(H2,20,21,22)/t12-,14?,15+,18-,19?/m1/s1. The maximum Gasteiger partial charge on any atom is 0.297 e. The molecule has 0 bridgehead atoms. The molecule has 2 aliphatic rings. The molecule has 170 valence electrons. The normalized spacial score (nSPS) is 27.8. The molecular formula is C19H21N5O7S. The largest absolute Gasteiger partial charge is 0.382 e. The molecule has 0 radical (unpaired) electrons. The van der Waals surface area contributed by atoms with Crippen molar-refractivity contribution in [3.63, 3.8) is 0 Å². The van der Waals surface area contributed by atoms with Crippen molar-refractivity contribution < 1.29 is 31.5 Å². The van der Waals surface area contributed by atoms with Crippen LogP contribution in [0.5, 0.6) is 0 Å². The van der Waals surface area contributed by atoms with Crippen LogP contribution in [0.1, 0.15) is 11.8 Å². The molecule has 2 unspecified atom stereocenters. The predicted octanol–water partition coefficient (Wildman–Crippen LogP) is 0.734. The monoisotopic (exact) mass is 463 g/mol. The van der Waals surface area contributed by atoms with Gasteiger partial charge in [-0.15, -0.1) is 0 Å². The average molecular weight is 463 g/mol. The fourth-order valence-electron chi connectivity index (χ4n) is 3.76. The number of nitrogens with two attached hydrogens (primary N) is 1. The second-order valence-electron chi connectivity index (χ2n) is 7.43. The molecule has 0 aliphatic carbocycles. The molecule has 0 amide bonds. The molecule has 1 aromatic carbocycles. The Labute approximate surface area is 183 Å². The van der Waals surface area contributed by atoms with Gasteiger partial charge in [-0.1, -0.05) is 17.7 Å². The maximum absolute atomic E-state index is 12.6. The first kappa shape index (κ1) is 21.2. The van der Waals surface area contributed by atoms with Gasteiger partial charge in [0.1, 0.15) is 30.2 Å². The predicted molar refractivity (Wildman–Crippen MR) is 109 cm³/mol. The van der Waals surface area contributed by atoms with Crippen molar-refractivity contribution in [2.45, 2.75) is 42.8 Å². The van der Waals surface area contributed by atoms with Gasteiger partial charge in [-0.2, -0.15) is 8.42 Å². The lowest BCUT2D eigenvalue weighted by molar-refractivity contribution is -0.256. The van der Waals surface area contributed by atoms with E-state index in [0.717, 1.165) is 5.56 Å². The highest BCUT2D eigenvalue weighted by atomic mass is 32.2. The van der Waals surface area contributed by atoms with Crippen LogP contribution < -0.4 is 5.73 Å². The van der Waals surface area contributed by atoms with Gasteiger partial charge < -0.3 is 24.7 Å². The molecule has 13 heteroatoms. The second kappa shape index (κ2) is 8.03. The Morgan fingerprint density at radius 1 is 1.09 bits per heavy atom. The fraction of sp³-hybridized carbons (Fsp3) is 0.421. The van der Waals surface area contributed by atoms with Crippen LogP contribution in [0.2, 0.25) is 0 Å². The lowest BCUT2D eigenvalue weighted by Gasteiger charge is -2.20. The third-order valence-corrected chi connectivity index (χ3v) is 6.67. The van der Waals surface area contributed by atoms with Crippen LogP contribution in [-0.4, -0.2) is 66.4 Å². The van der Waals surface area contributed by atoms with Gasteiger partial charge in [0.15, 0.2) is 17.7 Å². The zero-order valence-corrected chi connectivity index (χ0v) is 18.0. The molecule has 12 nitrogen and oxygen atoms in total. The van der Waals surface area contributed by atoms with Gasteiger partial charge in [0, 0.05) is 7.11 Å². The fourth-order valence-corrected chi connectivity index (χ4v) is 4.68. The average Bonchev–Trinajstić information content (AvgIpc) is 3.46. The van der Waals surface area contributed by atoms with Gasteiger partial charge in [0.25, 0.3) is 16.6 Å². The summed E-state index contributed by atoms with van der Waals surface area (Å²) in [5, 5.41) is 0. The number of ether oxygens (including phenoxy) is 4. The van der Waals surface area contributed by atoms with Crippen molar-refractivity contribution in [3.8, 4) is 0 Å². The number of nitrogen functional groups attached to an aromatic ring is 1. The van der Waals surface area contributed by atoms with Crippen LogP contribution >= 0.6 is 0 Å². The number of aromatic nitrogens is 4. The van der Waals surface area contributed by atoms with Gasteiger partial charge in [0.2, 0.25) is 0 Å². The highest BCUT2D eigenvalue weighted by Gasteiger charge is 2.54. The van der Waals surface area contributed by atoms with E-state index in [-0.39, 0.29) is 17.3 Å². The molecule has 2 N–H and O–H groups in total. The number of nitrogens with zero attached hydrogens (tertiary/aromatic N) is 4. The summed E-state index contributed by atoms with van der Waals surface area (Å²) in [6, 6.07) is 6.37. The minimum Gasteiger partial charge on any atom is -0.382 e. The van der Waals surface area contributed by atoms with Crippen LogP contribution in [0.3, 0.4) is 0 Å². The highest BCUT2D eigenvalue weighted by molar-refractivity contribution is 7.86. The third kappa shape index (κ3) is 3.62. The Hall–Kier alpha value is -2.68. The van der Waals surface area contributed by atoms with Gasteiger partial charge in [-0.05, 0) is 19.1 Å². The number of imidazole rings is 1.